The molecule has 0 atom stereocenters. The van der Waals surface area contributed by atoms with Crippen LogP contribution in [0.2, 0.25) is 5.02 Å². The van der Waals surface area contributed by atoms with Gasteiger partial charge in [-0.15, -0.1) is 0 Å². The summed E-state index contributed by atoms with van der Waals surface area (Å²) in [5.74, 6) is 1.82. The molecule has 0 amide bonds. The number of nitrogens with two attached hydrogens (primary N) is 1. The van der Waals surface area contributed by atoms with Crippen LogP contribution < -0.4 is 15.4 Å². The molecular weight excluding hydrogens is 312 g/mol. The molecule has 2 heterocycles. The highest BCUT2D eigenvalue weighted by molar-refractivity contribution is 6.31. The Morgan fingerprint density at radius 3 is 2.57 bits per heavy atom. The van der Waals surface area contributed by atoms with Crippen molar-refractivity contribution in [3.8, 4) is 11.6 Å². The highest BCUT2D eigenvalue weighted by Crippen LogP contribution is 2.33. The maximum absolute atomic E-state index is 6.26. The number of rotatable bonds is 3. The fourth-order valence-corrected chi connectivity index (χ4v) is 2.90. The first kappa shape index (κ1) is 15.9. The highest BCUT2D eigenvalue weighted by Gasteiger charge is 2.18. The smallest absolute Gasteiger partial charge is 0.248 e. The van der Waals surface area contributed by atoms with Crippen molar-refractivity contribution in [3.05, 3.63) is 35.1 Å². The molecule has 1 aromatic heterocycles. The minimum atomic E-state index is 0.390. The predicted molar refractivity (Wildman–Crippen MR) is 93.4 cm³/mol. The molecule has 1 aromatic carbocycles. The molecule has 0 bridgehead atoms. The summed E-state index contributed by atoms with van der Waals surface area (Å²) in [4.78, 5) is 10.8. The van der Waals surface area contributed by atoms with E-state index >= 15 is 0 Å². The van der Waals surface area contributed by atoms with E-state index in [9.17, 15) is 0 Å². The molecule has 122 valence electrons. The molecule has 0 aliphatic carbocycles. The lowest BCUT2D eigenvalue weighted by Crippen LogP contribution is -2.26. The second kappa shape index (κ2) is 7.04. The minimum absolute atomic E-state index is 0.390. The number of aryl methyl sites for hydroxylation is 1. The quantitative estimate of drug-likeness (QED) is 0.912. The van der Waals surface area contributed by atoms with Gasteiger partial charge in [-0.25, -0.2) is 4.98 Å². The van der Waals surface area contributed by atoms with Gasteiger partial charge in [-0.05, 0) is 43.5 Å². The number of nitrogens with zero attached hydrogens (tertiary/aromatic N) is 3. The maximum Gasteiger partial charge on any atom is 0.248 e. The van der Waals surface area contributed by atoms with Crippen LogP contribution in [0.3, 0.4) is 0 Å². The number of anilines is 2. The molecule has 0 unspecified atom stereocenters. The molecule has 0 spiro atoms. The third-order valence-corrected chi connectivity index (χ3v) is 4.50. The lowest BCUT2D eigenvalue weighted by atomic mass is 10.2. The summed E-state index contributed by atoms with van der Waals surface area (Å²) in [5, 5.41) is 0.707. The highest BCUT2D eigenvalue weighted by atomic mass is 35.5. The van der Waals surface area contributed by atoms with Gasteiger partial charge in [0, 0.05) is 18.1 Å². The molecule has 6 heteroatoms. The number of nitrogen functional groups attached to an aromatic ring is 1. The summed E-state index contributed by atoms with van der Waals surface area (Å²) < 4.78 is 5.85. The van der Waals surface area contributed by atoms with Crippen molar-refractivity contribution in [2.24, 2.45) is 0 Å². The van der Waals surface area contributed by atoms with Crippen molar-refractivity contribution in [2.45, 2.75) is 32.6 Å². The van der Waals surface area contributed by atoms with Gasteiger partial charge >= 0.3 is 0 Å². The van der Waals surface area contributed by atoms with Gasteiger partial charge in [-0.3, -0.25) is 0 Å². The standard InChI is InChI=1S/C17H21ClN4O/c1-12-10-13(6-7-14(12)18)23-17-15(19)16(20-11-21-17)22-8-4-2-3-5-9-22/h6-7,10-11H,2-5,8-9,19H2,1H3. The van der Waals surface area contributed by atoms with Crippen molar-refractivity contribution in [3.63, 3.8) is 0 Å². The van der Waals surface area contributed by atoms with Crippen LogP contribution in [0, 0.1) is 6.92 Å². The van der Waals surface area contributed by atoms with E-state index in [0.717, 1.165) is 37.3 Å². The largest absolute Gasteiger partial charge is 0.437 e. The van der Waals surface area contributed by atoms with Crippen molar-refractivity contribution >= 4 is 23.1 Å². The Morgan fingerprint density at radius 1 is 1.13 bits per heavy atom. The summed E-state index contributed by atoms with van der Waals surface area (Å²) in [6, 6.07) is 5.48. The SMILES string of the molecule is Cc1cc(Oc2ncnc(N3CCCCCC3)c2N)ccc1Cl. The maximum atomic E-state index is 6.26. The van der Waals surface area contributed by atoms with Gasteiger partial charge in [0.2, 0.25) is 5.88 Å². The van der Waals surface area contributed by atoms with Crippen LogP contribution in [0.5, 0.6) is 11.6 Å². The molecular formula is C17H21ClN4O. The lowest BCUT2D eigenvalue weighted by molar-refractivity contribution is 0.463. The Labute approximate surface area is 141 Å². The lowest BCUT2D eigenvalue weighted by Gasteiger charge is -2.23. The van der Waals surface area contributed by atoms with Gasteiger partial charge < -0.3 is 15.4 Å². The second-order valence-electron chi connectivity index (χ2n) is 5.83. The predicted octanol–water partition coefficient (Wildman–Crippen LogP) is 4.19. The van der Waals surface area contributed by atoms with E-state index in [2.05, 4.69) is 14.9 Å². The Morgan fingerprint density at radius 2 is 1.87 bits per heavy atom. The topological polar surface area (TPSA) is 64.3 Å². The van der Waals surface area contributed by atoms with Crippen molar-refractivity contribution < 1.29 is 4.74 Å². The molecule has 1 fully saturated rings. The molecule has 0 saturated carbocycles. The van der Waals surface area contributed by atoms with Crippen LogP contribution in [0.25, 0.3) is 0 Å². The van der Waals surface area contributed by atoms with E-state index < -0.39 is 0 Å². The van der Waals surface area contributed by atoms with E-state index in [1.165, 1.54) is 19.2 Å². The molecule has 23 heavy (non-hydrogen) atoms. The number of hydrogen-bond acceptors (Lipinski definition) is 5. The first-order chi connectivity index (χ1) is 11.1. The number of ether oxygens (including phenoxy) is 1. The minimum Gasteiger partial charge on any atom is -0.437 e. The summed E-state index contributed by atoms with van der Waals surface area (Å²) in [6.45, 7) is 3.88. The summed E-state index contributed by atoms with van der Waals surface area (Å²) in [7, 11) is 0. The van der Waals surface area contributed by atoms with Gasteiger partial charge in [-0.1, -0.05) is 24.4 Å². The molecule has 1 aliphatic heterocycles. The van der Waals surface area contributed by atoms with Gasteiger partial charge in [-0.2, -0.15) is 4.98 Å². The molecule has 2 N–H and O–H groups in total. The van der Waals surface area contributed by atoms with Crippen LogP contribution in [-0.4, -0.2) is 23.1 Å². The van der Waals surface area contributed by atoms with E-state index in [1.54, 1.807) is 6.07 Å². The fourth-order valence-electron chi connectivity index (χ4n) is 2.78. The first-order valence-electron chi connectivity index (χ1n) is 7.94. The van der Waals surface area contributed by atoms with Gasteiger partial charge in [0.25, 0.3) is 0 Å². The van der Waals surface area contributed by atoms with Crippen molar-refractivity contribution in [1.82, 2.24) is 9.97 Å². The number of hydrogen-bond donors (Lipinski definition) is 1. The van der Waals surface area contributed by atoms with Crippen LogP contribution in [0.15, 0.2) is 24.5 Å². The summed E-state index contributed by atoms with van der Waals surface area (Å²) in [6.07, 6.45) is 6.35. The second-order valence-corrected chi connectivity index (χ2v) is 6.24. The van der Waals surface area contributed by atoms with E-state index in [1.807, 2.05) is 19.1 Å². The normalized spacial score (nSPS) is 15.3. The average Bonchev–Trinajstić information content (AvgIpc) is 2.82. The van der Waals surface area contributed by atoms with Gasteiger partial charge in [0.05, 0.1) is 0 Å². The first-order valence-corrected chi connectivity index (χ1v) is 8.32. The zero-order valence-corrected chi connectivity index (χ0v) is 14.0. The van der Waals surface area contributed by atoms with E-state index in [0.29, 0.717) is 22.3 Å². The van der Waals surface area contributed by atoms with Crippen LogP contribution >= 0.6 is 11.6 Å². The zero-order chi connectivity index (χ0) is 16.2. The average molecular weight is 333 g/mol. The molecule has 5 nitrogen and oxygen atoms in total. The molecule has 1 saturated heterocycles. The van der Waals surface area contributed by atoms with E-state index in [-0.39, 0.29) is 0 Å². The summed E-state index contributed by atoms with van der Waals surface area (Å²) in [5.41, 5.74) is 7.70. The number of benzene rings is 1. The van der Waals surface area contributed by atoms with Gasteiger partial charge in [0.1, 0.15) is 17.8 Å². The Balaban J connectivity index is 1.85. The fraction of sp³-hybridized carbons (Fsp3) is 0.412. The Hall–Kier alpha value is -2.01. The number of aromatic nitrogens is 2. The van der Waals surface area contributed by atoms with Crippen molar-refractivity contribution in [1.29, 1.82) is 0 Å². The molecule has 3 rings (SSSR count). The molecule has 0 radical (unpaired) electrons. The zero-order valence-electron chi connectivity index (χ0n) is 13.3. The summed E-state index contributed by atoms with van der Waals surface area (Å²) >= 11 is 6.04. The molecule has 2 aromatic rings. The van der Waals surface area contributed by atoms with Crippen LogP contribution in [-0.2, 0) is 0 Å². The monoisotopic (exact) mass is 332 g/mol. The number of halogens is 1. The van der Waals surface area contributed by atoms with Crippen LogP contribution in [0.1, 0.15) is 31.2 Å². The Kier molecular flexibility index (Phi) is 4.86. The third kappa shape index (κ3) is 3.67. The van der Waals surface area contributed by atoms with E-state index in [4.69, 9.17) is 22.1 Å². The Bertz CT molecular complexity index is 684. The van der Waals surface area contributed by atoms with Crippen molar-refractivity contribution in [2.75, 3.05) is 23.7 Å². The van der Waals surface area contributed by atoms with Crippen LogP contribution in [0.4, 0.5) is 11.5 Å². The third-order valence-electron chi connectivity index (χ3n) is 4.08. The molecule has 1 aliphatic rings. The van der Waals surface area contributed by atoms with Gasteiger partial charge in [0.15, 0.2) is 5.82 Å².